The molecule has 0 spiro atoms. The minimum atomic E-state index is -3.80. The second kappa shape index (κ2) is 10.7. The molecule has 0 bridgehead atoms. The zero-order valence-corrected chi connectivity index (χ0v) is 20.7. The third kappa shape index (κ3) is 5.69. The summed E-state index contributed by atoms with van der Waals surface area (Å²) in [5.74, 6) is -0.500. The van der Waals surface area contributed by atoms with Crippen molar-refractivity contribution in [2.45, 2.75) is 4.21 Å². The van der Waals surface area contributed by atoms with Gasteiger partial charge in [0, 0.05) is 51.9 Å². The average molecular weight is 508 g/mol. The van der Waals surface area contributed by atoms with Crippen LogP contribution in [0.15, 0.2) is 39.9 Å². The zero-order valence-electron chi connectivity index (χ0n) is 19.0. The molecule has 0 saturated carbocycles. The van der Waals surface area contributed by atoms with Crippen LogP contribution < -0.4 is 14.9 Å². The molecule has 1 aromatic heterocycles. The van der Waals surface area contributed by atoms with Crippen LogP contribution >= 0.6 is 11.3 Å². The monoisotopic (exact) mass is 507 g/mol. The first-order valence-corrected chi connectivity index (χ1v) is 13.5. The number of benzene rings is 1. The number of likely N-dealkylation sites (N-methyl/N-ethyl adjacent to an activating group) is 1. The van der Waals surface area contributed by atoms with Gasteiger partial charge in [-0.05, 0) is 29.6 Å². The minimum absolute atomic E-state index is 0.0609. The third-order valence-corrected chi connectivity index (χ3v) is 8.55. The number of sulfonamides is 1. The second-order valence-electron chi connectivity index (χ2n) is 8.16. The highest BCUT2D eigenvalue weighted by molar-refractivity contribution is 7.94. The van der Waals surface area contributed by atoms with Gasteiger partial charge in [-0.25, -0.2) is 8.42 Å². The van der Waals surface area contributed by atoms with E-state index in [0.29, 0.717) is 43.2 Å². The molecule has 3 heterocycles. The van der Waals surface area contributed by atoms with Crippen LogP contribution in [0, 0.1) is 0 Å². The first-order chi connectivity index (χ1) is 16.3. The average Bonchev–Trinajstić information content (AvgIpc) is 3.41. The Morgan fingerprint density at radius 1 is 1.15 bits per heavy atom. The van der Waals surface area contributed by atoms with Crippen molar-refractivity contribution < 1.29 is 22.7 Å². The van der Waals surface area contributed by atoms with E-state index in [2.05, 4.69) is 14.9 Å². The third-order valence-electron chi connectivity index (χ3n) is 5.79. The minimum Gasteiger partial charge on any atom is -0.378 e. The molecule has 0 radical (unpaired) electrons. The van der Waals surface area contributed by atoms with Gasteiger partial charge >= 0.3 is 0 Å². The molecule has 2 aliphatic heterocycles. The normalized spacial score (nSPS) is 16.9. The molecule has 2 amide bonds. The zero-order chi connectivity index (χ0) is 24.1. The Labute approximate surface area is 203 Å². The maximum Gasteiger partial charge on any atom is 0.271 e. The molecular formula is C22H29N5O5S2. The molecular weight excluding hydrogens is 478 g/mol. The number of nitrogens with one attached hydrogen (secondary N) is 2. The van der Waals surface area contributed by atoms with Crippen molar-refractivity contribution in [3.63, 3.8) is 0 Å². The van der Waals surface area contributed by atoms with Gasteiger partial charge < -0.3 is 24.8 Å². The molecule has 2 fully saturated rings. The number of amides is 2. The number of ether oxygens (including phenoxy) is 1. The Kier molecular flexibility index (Phi) is 7.71. The van der Waals surface area contributed by atoms with Crippen LogP contribution in [0.25, 0.3) is 0 Å². The van der Waals surface area contributed by atoms with Gasteiger partial charge in [0.2, 0.25) is 5.91 Å². The molecule has 34 heavy (non-hydrogen) atoms. The summed E-state index contributed by atoms with van der Waals surface area (Å²) in [6.07, 6.45) is 0. The van der Waals surface area contributed by atoms with Crippen LogP contribution in [0.3, 0.4) is 0 Å². The van der Waals surface area contributed by atoms with E-state index in [0.717, 1.165) is 37.5 Å². The van der Waals surface area contributed by atoms with Crippen LogP contribution in [-0.4, -0.2) is 96.1 Å². The van der Waals surface area contributed by atoms with Crippen LogP contribution in [0.5, 0.6) is 0 Å². The predicted octanol–water partition coefficient (Wildman–Crippen LogP) is 0.889. The maximum absolute atomic E-state index is 13.1. The molecule has 2 aliphatic rings. The Bertz CT molecular complexity index is 1110. The standard InChI is InChI=1S/C22H29N5O5S2/c1-25(16-20(28)27-10-12-32-13-11-27)22(29)17-4-5-19(26-8-6-23-7-9-26)18(15-17)24-34(30,31)21-3-2-14-33-21/h2-5,14-15,23-24H,6-13,16H2,1H3. The van der Waals surface area contributed by atoms with E-state index in [1.54, 1.807) is 41.6 Å². The van der Waals surface area contributed by atoms with Crippen molar-refractivity contribution in [2.75, 3.05) is 75.7 Å². The summed E-state index contributed by atoms with van der Waals surface area (Å²) in [6.45, 7) is 4.94. The summed E-state index contributed by atoms with van der Waals surface area (Å²) in [7, 11) is -2.23. The fourth-order valence-corrected chi connectivity index (χ4v) is 6.01. The van der Waals surface area contributed by atoms with E-state index in [4.69, 9.17) is 4.74 Å². The summed E-state index contributed by atoms with van der Waals surface area (Å²) < 4.78 is 34.0. The molecule has 2 saturated heterocycles. The molecule has 4 rings (SSSR count). The summed E-state index contributed by atoms with van der Waals surface area (Å²) in [6, 6.07) is 8.22. The van der Waals surface area contributed by atoms with E-state index in [9.17, 15) is 18.0 Å². The Morgan fingerprint density at radius 2 is 1.88 bits per heavy atom. The largest absolute Gasteiger partial charge is 0.378 e. The van der Waals surface area contributed by atoms with Crippen LogP contribution in [0.1, 0.15) is 10.4 Å². The molecule has 0 unspecified atom stereocenters. The van der Waals surface area contributed by atoms with E-state index in [-0.39, 0.29) is 22.6 Å². The van der Waals surface area contributed by atoms with E-state index in [1.165, 1.54) is 11.0 Å². The highest BCUT2D eigenvalue weighted by atomic mass is 32.2. The number of hydrogen-bond donors (Lipinski definition) is 2. The number of carbonyl (C=O) groups is 2. The predicted molar refractivity (Wildman–Crippen MR) is 131 cm³/mol. The molecule has 1 aromatic carbocycles. The van der Waals surface area contributed by atoms with Gasteiger partial charge in [-0.15, -0.1) is 11.3 Å². The number of carbonyl (C=O) groups excluding carboxylic acids is 2. The quantitative estimate of drug-likeness (QED) is 0.573. The Hall–Kier alpha value is -2.67. The first kappa shape index (κ1) is 24.5. The van der Waals surface area contributed by atoms with Gasteiger partial charge in [0.25, 0.3) is 15.9 Å². The lowest BCUT2D eigenvalue weighted by Gasteiger charge is -2.31. The first-order valence-electron chi connectivity index (χ1n) is 11.1. The lowest BCUT2D eigenvalue weighted by molar-refractivity contribution is -0.135. The van der Waals surface area contributed by atoms with Crippen molar-refractivity contribution in [3.05, 3.63) is 41.3 Å². The number of rotatable bonds is 7. The summed E-state index contributed by atoms with van der Waals surface area (Å²) >= 11 is 1.13. The highest BCUT2D eigenvalue weighted by Gasteiger charge is 2.24. The van der Waals surface area contributed by atoms with Gasteiger partial charge in [0.05, 0.1) is 31.1 Å². The van der Waals surface area contributed by atoms with Crippen molar-refractivity contribution >= 4 is 44.5 Å². The second-order valence-corrected chi connectivity index (χ2v) is 11.0. The summed E-state index contributed by atoms with van der Waals surface area (Å²) in [5, 5.41) is 4.98. The number of piperazine rings is 1. The fourth-order valence-electron chi connectivity index (χ4n) is 3.95. The smallest absolute Gasteiger partial charge is 0.271 e. The molecule has 184 valence electrons. The van der Waals surface area contributed by atoms with Crippen molar-refractivity contribution in [3.8, 4) is 0 Å². The van der Waals surface area contributed by atoms with E-state index >= 15 is 0 Å². The summed E-state index contributed by atoms with van der Waals surface area (Å²) in [5.41, 5.74) is 1.36. The van der Waals surface area contributed by atoms with Gasteiger partial charge in [0.1, 0.15) is 4.21 Å². The maximum atomic E-state index is 13.1. The Morgan fingerprint density at radius 3 is 2.56 bits per heavy atom. The summed E-state index contributed by atoms with van der Waals surface area (Å²) in [4.78, 5) is 30.8. The van der Waals surface area contributed by atoms with Crippen LogP contribution in [0.4, 0.5) is 11.4 Å². The molecule has 0 atom stereocenters. The van der Waals surface area contributed by atoms with Gasteiger partial charge in [0.15, 0.2) is 0 Å². The molecule has 0 aliphatic carbocycles. The number of thiophene rings is 1. The number of anilines is 2. The fraction of sp³-hybridized carbons (Fsp3) is 0.455. The highest BCUT2D eigenvalue weighted by Crippen LogP contribution is 2.31. The van der Waals surface area contributed by atoms with E-state index < -0.39 is 10.0 Å². The van der Waals surface area contributed by atoms with Crippen LogP contribution in [0.2, 0.25) is 0 Å². The SMILES string of the molecule is CN(CC(=O)N1CCOCC1)C(=O)c1ccc(N2CCNCC2)c(NS(=O)(=O)c2cccs2)c1. The van der Waals surface area contributed by atoms with Crippen LogP contribution in [-0.2, 0) is 19.6 Å². The lowest BCUT2D eigenvalue weighted by Crippen LogP contribution is -2.46. The topological polar surface area (TPSA) is 111 Å². The van der Waals surface area contributed by atoms with E-state index in [1.807, 2.05) is 0 Å². The van der Waals surface area contributed by atoms with Gasteiger partial charge in [-0.3, -0.25) is 14.3 Å². The molecule has 2 N–H and O–H groups in total. The molecule has 10 nitrogen and oxygen atoms in total. The Balaban J connectivity index is 1.57. The van der Waals surface area contributed by atoms with Gasteiger partial charge in [-0.1, -0.05) is 6.07 Å². The lowest BCUT2D eigenvalue weighted by atomic mass is 10.1. The molecule has 12 heteroatoms. The number of nitrogens with zero attached hydrogens (tertiary/aromatic N) is 3. The van der Waals surface area contributed by atoms with Gasteiger partial charge in [-0.2, -0.15) is 0 Å². The molecule has 2 aromatic rings. The van der Waals surface area contributed by atoms with Crippen molar-refractivity contribution in [2.24, 2.45) is 0 Å². The number of hydrogen-bond acceptors (Lipinski definition) is 8. The number of morpholine rings is 1. The van der Waals surface area contributed by atoms with Crippen molar-refractivity contribution in [1.29, 1.82) is 0 Å². The van der Waals surface area contributed by atoms with Crippen molar-refractivity contribution in [1.82, 2.24) is 15.1 Å².